The van der Waals surface area contributed by atoms with Gasteiger partial charge in [0.15, 0.2) is 14.6 Å². The van der Waals surface area contributed by atoms with Gasteiger partial charge in [0.25, 0.3) is 0 Å². The Labute approximate surface area is 139 Å². The molecule has 1 amide bonds. The Hall–Kier alpha value is -0.660. The van der Waals surface area contributed by atoms with Crippen LogP contribution in [0.3, 0.4) is 0 Å². The molecule has 2 rings (SSSR count). The van der Waals surface area contributed by atoms with Gasteiger partial charge in [-0.15, -0.1) is 0 Å². The minimum Gasteiger partial charge on any atom is -0.376 e. The molecule has 2 N–H and O–H groups in total. The lowest BCUT2D eigenvalue weighted by Crippen LogP contribution is -2.57. The standard InChI is InChI=1S/C16H30N2O4S/c1-23(20,21)16(8-10-17-11-9-16)15(19)18-12-13-22-14-6-4-2-3-5-7-14/h14,17H,2-13H2,1H3,(H,18,19). The maximum absolute atomic E-state index is 12.5. The lowest BCUT2D eigenvalue weighted by molar-refractivity contribution is -0.124. The first-order chi connectivity index (χ1) is 11.0. The molecule has 23 heavy (non-hydrogen) atoms. The first kappa shape index (κ1) is 18.7. The Balaban J connectivity index is 1.80. The van der Waals surface area contributed by atoms with Crippen molar-refractivity contribution in [1.29, 1.82) is 0 Å². The predicted octanol–water partition coefficient (Wildman–Crippen LogP) is 1.01. The van der Waals surface area contributed by atoms with Gasteiger partial charge in [-0.1, -0.05) is 25.7 Å². The Kier molecular flexibility index (Phi) is 6.85. The number of piperidine rings is 1. The van der Waals surface area contributed by atoms with Crippen molar-refractivity contribution in [2.75, 3.05) is 32.5 Å². The lowest BCUT2D eigenvalue weighted by Gasteiger charge is -2.34. The van der Waals surface area contributed by atoms with E-state index in [1.54, 1.807) is 0 Å². The molecule has 2 aliphatic rings. The van der Waals surface area contributed by atoms with Crippen LogP contribution in [0.2, 0.25) is 0 Å². The quantitative estimate of drug-likeness (QED) is 0.554. The fourth-order valence-electron chi connectivity index (χ4n) is 3.56. The van der Waals surface area contributed by atoms with Gasteiger partial charge < -0.3 is 15.4 Å². The smallest absolute Gasteiger partial charge is 0.241 e. The summed E-state index contributed by atoms with van der Waals surface area (Å²) in [6, 6.07) is 0. The molecule has 1 saturated carbocycles. The van der Waals surface area contributed by atoms with E-state index in [9.17, 15) is 13.2 Å². The minimum atomic E-state index is -3.44. The SMILES string of the molecule is CS(=O)(=O)C1(C(=O)NCCOC2CCCCCC2)CCNCC1. The molecule has 2 fully saturated rings. The van der Waals surface area contributed by atoms with E-state index in [0.717, 1.165) is 12.8 Å². The molecular formula is C16H30N2O4S. The van der Waals surface area contributed by atoms with Crippen LogP contribution in [0.4, 0.5) is 0 Å². The van der Waals surface area contributed by atoms with Gasteiger partial charge in [0.1, 0.15) is 0 Å². The molecule has 1 aliphatic carbocycles. The fraction of sp³-hybridized carbons (Fsp3) is 0.938. The Morgan fingerprint density at radius 1 is 1.17 bits per heavy atom. The first-order valence-corrected chi connectivity index (χ1v) is 10.6. The predicted molar refractivity (Wildman–Crippen MR) is 90.1 cm³/mol. The third-order valence-electron chi connectivity index (χ3n) is 5.08. The van der Waals surface area contributed by atoms with E-state index in [-0.39, 0.29) is 12.0 Å². The minimum absolute atomic E-state index is 0.289. The summed E-state index contributed by atoms with van der Waals surface area (Å²) in [4.78, 5) is 12.5. The molecule has 6 nitrogen and oxygen atoms in total. The maximum atomic E-state index is 12.5. The molecule has 0 bridgehead atoms. The third kappa shape index (κ3) is 4.90. The van der Waals surface area contributed by atoms with Gasteiger partial charge in [0, 0.05) is 12.8 Å². The van der Waals surface area contributed by atoms with Gasteiger partial charge in [-0.25, -0.2) is 8.42 Å². The summed E-state index contributed by atoms with van der Waals surface area (Å²) in [6.45, 7) is 1.94. The van der Waals surface area contributed by atoms with Crippen molar-refractivity contribution in [3.8, 4) is 0 Å². The van der Waals surface area contributed by atoms with Crippen molar-refractivity contribution in [1.82, 2.24) is 10.6 Å². The van der Waals surface area contributed by atoms with Crippen molar-refractivity contribution < 1.29 is 17.9 Å². The van der Waals surface area contributed by atoms with Crippen molar-refractivity contribution >= 4 is 15.7 Å². The number of ether oxygens (including phenoxy) is 1. The molecule has 7 heteroatoms. The molecule has 0 spiro atoms. The summed E-state index contributed by atoms with van der Waals surface area (Å²) in [5.74, 6) is -0.369. The Bertz CT molecular complexity index is 478. The van der Waals surface area contributed by atoms with E-state index in [0.29, 0.717) is 39.1 Å². The zero-order valence-electron chi connectivity index (χ0n) is 14.1. The van der Waals surface area contributed by atoms with Crippen LogP contribution in [-0.2, 0) is 19.4 Å². The zero-order chi connectivity index (χ0) is 16.8. The lowest BCUT2D eigenvalue weighted by atomic mass is 9.96. The van der Waals surface area contributed by atoms with Crippen molar-refractivity contribution in [2.45, 2.75) is 62.2 Å². The molecule has 0 aromatic rings. The van der Waals surface area contributed by atoms with Gasteiger partial charge in [-0.2, -0.15) is 0 Å². The summed E-state index contributed by atoms with van der Waals surface area (Å²) >= 11 is 0. The van der Waals surface area contributed by atoms with Gasteiger partial charge in [-0.05, 0) is 38.8 Å². The topological polar surface area (TPSA) is 84.5 Å². The number of nitrogens with one attached hydrogen (secondary N) is 2. The van der Waals surface area contributed by atoms with Crippen LogP contribution in [-0.4, -0.2) is 57.7 Å². The maximum Gasteiger partial charge on any atom is 0.241 e. The summed E-state index contributed by atoms with van der Waals surface area (Å²) in [7, 11) is -3.44. The van der Waals surface area contributed by atoms with Crippen molar-refractivity contribution in [3.05, 3.63) is 0 Å². The average molecular weight is 346 g/mol. The van der Waals surface area contributed by atoms with E-state index in [1.165, 1.54) is 31.9 Å². The molecule has 1 heterocycles. The molecule has 134 valence electrons. The molecule has 0 unspecified atom stereocenters. The molecule has 0 aromatic heterocycles. The van der Waals surface area contributed by atoms with Gasteiger partial charge in [0.05, 0.1) is 12.7 Å². The Morgan fingerprint density at radius 3 is 2.35 bits per heavy atom. The normalized spacial score (nSPS) is 23.2. The van der Waals surface area contributed by atoms with E-state index >= 15 is 0 Å². The van der Waals surface area contributed by atoms with Crippen LogP contribution < -0.4 is 10.6 Å². The largest absolute Gasteiger partial charge is 0.376 e. The summed E-state index contributed by atoms with van der Waals surface area (Å²) in [5.41, 5.74) is 0. The van der Waals surface area contributed by atoms with E-state index in [1.807, 2.05) is 0 Å². The van der Waals surface area contributed by atoms with Crippen LogP contribution in [0.25, 0.3) is 0 Å². The fourth-order valence-corrected chi connectivity index (χ4v) is 4.91. The number of sulfone groups is 1. The second-order valence-corrected chi connectivity index (χ2v) is 9.08. The molecule has 0 aromatic carbocycles. The van der Waals surface area contributed by atoms with Gasteiger partial charge in [-0.3, -0.25) is 4.79 Å². The second kappa shape index (κ2) is 8.44. The highest BCUT2D eigenvalue weighted by Crippen LogP contribution is 2.28. The van der Waals surface area contributed by atoms with Crippen LogP contribution in [0, 0.1) is 0 Å². The van der Waals surface area contributed by atoms with Crippen molar-refractivity contribution in [3.63, 3.8) is 0 Å². The molecule has 1 saturated heterocycles. The number of hydrogen-bond acceptors (Lipinski definition) is 5. The van der Waals surface area contributed by atoms with Gasteiger partial charge in [0.2, 0.25) is 5.91 Å². The van der Waals surface area contributed by atoms with Crippen LogP contribution in [0.5, 0.6) is 0 Å². The average Bonchev–Trinajstić information content (AvgIpc) is 2.79. The highest BCUT2D eigenvalue weighted by Gasteiger charge is 2.48. The third-order valence-corrected chi connectivity index (χ3v) is 7.09. The van der Waals surface area contributed by atoms with Crippen LogP contribution in [0.1, 0.15) is 51.4 Å². The van der Waals surface area contributed by atoms with E-state index in [4.69, 9.17) is 4.74 Å². The van der Waals surface area contributed by atoms with Crippen molar-refractivity contribution in [2.24, 2.45) is 0 Å². The number of carbonyl (C=O) groups excluding carboxylic acids is 1. The highest BCUT2D eigenvalue weighted by atomic mass is 32.2. The molecular weight excluding hydrogens is 316 g/mol. The number of rotatable bonds is 6. The molecule has 1 aliphatic heterocycles. The molecule has 0 radical (unpaired) electrons. The summed E-state index contributed by atoms with van der Waals surface area (Å²) < 4.78 is 28.9. The van der Waals surface area contributed by atoms with E-state index in [2.05, 4.69) is 10.6 Å². The number of carbonyl (C=O) groups is 1. The monoisotopic (exact) mass is 346 g/mol. The molecule has 0 atom stereocenters. The zero-order valence-corrected chi connectivity index (χ0v) is 14.9. The van der Waals surface area contributed by atoms with Crippen LogP contribution in [0.15, 0.2) is 0 Å². The number of amides is 1. The van der Waals surface area contributed by atoms with E-state index < -0.39 is 14.6 Å². The number of hydrogen-bond donors (Lipinski definition) is 2. The first-order valence-electron chi connectivity index (χ1n) is 8.76. The second-order valence-electron chi connectivity index (χ2n) is 6.76. The van der Waals surface area contributed by atoms with Gasteiger partial charge >= 0.3 is 0 Å². The summed E-state index contributed by atoms with van der Waals surface area (Å²) in [5, 5.41) is 5.90. The Morgan fingerprint density at radius 2 is 1.78 bits per heavy atom. The highest BCUT2D eigenvalue weighted by molar-refractivity contribution is 7.92. The van der Waals surface area contributed by atoms with Crippen LogP contribution >= 0.6 is 0 Å². The summed E-state index contributed by atoms with van der Waals surface area (Å²) in [6.07, 6.45) is 9.28.